The van der Waals surface area contributed by atoms with Crippen LogP contribution < -0.4 is 15.8 Å². The van der Waals surface area contributed by atoms with Gasteiger partial charge in [0.2, 0.25) is 5.88 Å². The number of rotatable bonds is 4. The number of primary amides is 1. The molecular weight excluding hydrogens is 454 g/mol. The quantitative estimate of drug-likeness (QED) is 0.546. The lowest BCUT2D eigenvalue weighted by Crippen LogP contribution is -2.46. The van der Waals surface area contributed by atoms with Gasteiger partial charge in [0.25, 0.3) is 0 Å². The highest BCUT2D eigenvalue weighted by molar-refractivity contribution is 7.13. The minimum Gasteiger partial charge on any atom is -0.391 e. The third-order valence-electron chi connectivity index (χ3n) is 5.77. The number of piperidine rings is 1. The smallest absolute Gasteiger partial charge is 0.391 e. The summed E-state index contributed by atoms with van der Waals surface area (Å²) in [5, 5.41) is 2.60. The van der Waals surface area contributed by atoms with Crippen LogP contribution in [0.4, 0.5) is 10.5 Å². The number of carbonyl (C=O) groups excluding carboxylic acids is 3. The minimum atomic E-state index is -0.979. The second kappa shape index (κ2) is 10.0. The van der Waals surface area contributed by atoms with Crippen molar-refractivity contribution in [3.05, 3.63) is 59.4 Å². The Balaban J connectivity index is 1.50. The molecule has 3 heterocycles. The Bertz CT molecular complexity index is 1200. The number of pyridine rings is 1. The zero-order valence-electron chi connectivity index (χ0n) is 18.9. The Kier molecular flexibility index (Phi) is 6.87. The molecule has 3 aromatic rings. The van der Waals surface area contributed by atoms with Crippen molar-refractivity contribution in [2.45, 2.75) is 32.7 Å². The van der Waals surface area contributed by atoms with E-state index in [-0.39, 0.29) is 11.9 Å². The van der Waals surface area contributed by atoms with Gasteiger partial charge in [-0.1, -0.05) is 31.2 Å². The van der Waals surface area contributed by atoms with Crippen LogP contribution in [-0.2, 0) is 9.59 Å². The molecule has 2 aromatic heterocycles. The van der Waals surface area contributed by atoms with Gasteiger partial charge in [0, 0.05) is 18.3 Å². The van der Waals surface area contributed by atoms with E-state index in [1.807, 2.05) is 30.5 Å². The van der Waals surface area contributed by atoms with E-state index in [4.69, 9.17) is 10.5 Å². The average molecular weight is 480 g/mol. The van der Waals surface area contributed by atoms with E-state index in [9.17, 15) is 14.4 Å². The molecule has 1 aromatic carbocycles. The molecule has 2 unspecified atom stereocenters. The van der Waals surface area contributed by atoms with E-state index >= 15 is 0 Å². The molecule has 0 spiro atoms. The summed E-state index contributed by atoms with van der Waals surface area (Å²) in [6.45, 7) is 4.23. The lowest BCUT2D eigenvalue weighted by atomic mass is 9.89. The van der Waals surface area contributed by atoms with Gasteiger partial charge in [-0.15, -0.1) is 11.3 Å². The first-order chi connectivity index (χ1) is 16.3. The van der Waals surface area contributed by atoms with Crippen molar-refractivity contribution >= 4 is 34.9 Å². The maximum Gasteiger partial charge on any atom is 0.411 e. The first-order valence-corrected chi connectivity index (χ1v) is 11.7. The number of amides is 3. The number of nitrogens with zero attached hydrogens (tertiary/aromatic N) is 3. The van der Waals surface area contributed by atoms with Gasteiger partial charge in [-0.2, -0.15) is 0 Å². The fraction of sp³-hybridized carbons (Fsp3) is 0.292. The van der Waals surface area contributed by atoms with E-state index < -0.39 is 17.9 Å². The minimum absolute atomic E-state index is 0.0449. The summed E-state index contributed by atoms with van der Waals surface area (Å²) in [6, 6.07) is 9.44. The Morgan fingerprint density at radius 3 is 2.59 bits per heavy atom. The number of hydrogen-bond acceptors (Lipinski definition) is 7. The Hall–Kier alpha value is -3.79. The van der Waals surface area contributed by atoms with Crippen LogP contribution in [0, 0.1) is 12.8 Å². The molecule has 0 radical (unpaired) electrons. The van der Waals surface area contributed by atoms with Crippen molar-refractivity contribution in [1.82, 2.24) is 14.9 Å². The number of likely N-dealkylation sites (tertiary alicyclic amines) is 1. The number of aromatic nitrogens is 2. The monoisotopic (exact) mass is 479 g/mol. The highest BCUT2D eigenvalue weighted by Gasteiger charge is 2.34. The molecule has 10 heteroatoms. The van der Waals surface area contributed by atoms with E-state index in [0.29, 0.717) is 23.7 Å². The summed E-state index contributed by atoms with van der Waals surface area (Å²) in [5.74, 6) is -1.01. The highest BCUT2D eigenvalue weighted by atomic mass is 32.1. The molecule has 4 rings (SSSR count). The molecule has 3 N–H and O–H groups in total. The van der Waals surface area contributed by atoms with E-state index in [1.165, 1.54) is 6.20 Å². The predicted molar refractivity (Wildman–Crippen MR) is 128 cm³/mol. The summed E-state index contributed by atoms with van der Waals surface area (Å²) in [4.78, 5) is 47.8. The van der Waals surface area contributed by atoms with Crippen LogP contribution in [0.1, 0.15) is 36.9 Å². The molecule has 1 aliphatic rings. The molecule has 1 saturated heterocycles. The maximum atomic E-state index is 13.2. The van der Waals surface area contributed by atoms with Gasteiger partial charge in [-0.25, -0.2) is 9.78 Å². The van der Waals surface area contributed by atoms with Crippen molar-refractivity contribution in [2.75, 3.05) is 11.9 Å². The first kappa shape index (κ1) is 23.4. The van der Waals surface area contributed by atoms with Crippen molar-refractivity contribution in [1.29, 1.82) is 0 Å². The Labute approximate surface area is 201 Å². The second-order valence-corrected chi connectivity index (χ2v) is 9.25. The van der Waals surface area contributed by atoms with Crippen molar-refractivity contribution in [2.24, 2.45) is 11.7 Å². The normalized spacial score (nSPS) is 17.8. The van der Waals surface area contributed by atoms with Crippen molar-refractivity contribution in [3.8, 4) is 16.3 Å². The first-order valence-electron chi connectivity index (χ1n) is 10.9. The van der Waals surface area contributed by atoms with E-state index in [0.717, 1.165) is 28.8 Å². The number of ether oxygens (including phenoxy) is 1. The number of benzene rings is 1. The third-order valence-corrected chi connectivity index (χ3v) is 6.59. The average Bonchev–Trinajstić information content (AvgIpc) is 3.35. The number of carbonyl (C=O) groups is 3. The lowest BCUT2D eigenvalue weighted by Gasteiger charge is -2.38. The number of anilines is 1. The van der Waals surface area contributed by atoms with Gasteiger partial charge in [-0.05, 0) is 42.9 Å². The lowest BCUT2D eigenvalue weighted by molar-refractivity contribution is -0.146. The topological polar surface area (TPSA) is 128 Å². The maximum absolute atomic E-state index is 13.2. The highest BCUT2D eigenvalue weighted by Crippen LogP contribution is 2.35. The summed E-state index contributed by atoms with van der Waals surface area (Å²) >= 11 is 1.57. The molecule has 3 amide bonds. The van der Waals surface area contributed by atoms with Gasteiger partial charge in [0.1, 0.15) is 0 Å². The third kappa shape index (κ3) is 5.23. The summed E-state index contributed by atoms with van der Waals surface area (Å²) < 4.78 is 4.79. The van der Waals surface area contributed by atoms with Crippen LogP contribution in [0.15, 0.2) is 48.2 Å². The molecule has 9 nitrogen and oxygen atoms in total. The standard InChI is InChI=1S/C24H25N5O4S/c1-14-3-8-19(16-4-6-17(7-5-16)20-11-26-13-34-20)29(12-14)23(31)21(30)28-18-9-15(2)22(27-10-18)33-24(25)32/h4-7,9-11,13-14,19H,3,8,12H2,1-2H3,(H2,25,32)(H,28,30). The Morgan fingerprint density at radius 2 is 1.94 bits per heavy atom. The zero-order chi connectivity index (χ0) is 24.2. The van der Waals surface area contributed by atoms with Crippen LogP contribution in [0.3, 0.4) is 0 Å². The number of aryl methyl sites for hydroxylation is 1. The number of hydrogen-bond donors (Lipinski definition) is 2. The molecular formula is C24H25N5O4S. The van der Waals surface area contributed by atoms with Gasteiger partial charge in [0.05, 0.1) is 28.3 Å². The molecule has 0 saturated carbocycles. The van der Waals surface area contributed by atoms with Crippen molar-refractivity contribution in [3.63, 3.8) is 0 Å². The fourth-order valence-electron chi connectivity index (χ4n) is 4.10. The van der Waals surface area contributed by atoms with Crippen LogP contribution in [0.25, 0.3) is 10.4 Å². The molecule has 0 aliphatic carbocycles. The summed E-state index contributed by atoms with van der Waals surface area (Å²) in [5.41, 5.74) is 9.68. The van der Waals surface area contributed by atoms with Gasteiger partial charge in [-0.3, -0.25) is 14.6 Å². The molecule has 176 valence electrons. The van der Waals surface area contributed by atoms with Crippen LogP contribution in [0.5, 0.6) is 5.88 Å². The largest absolute Gasteiger partial charge is 0.411 e. The number of nitrogens with two attached hydrogens (primary N) is 1. The van der Waals surface area contributed by atoms with Crippen LogP contribution >= 0.6 is 11.3 Å². The van der Waals surface area contributed by atoms with E-state index in [1.54, 1.807) is 34.7 Å². The molecule has 1 fully saturated rings. The van der Waals surface area contributed by atoms with E-state index in [2.05, 4.69) is 22.2 Å². The van der Waals surface area contributed by atoms with Crippen molar-refractivity contribution < 1.29 is 19.1 Å². The second-order valence-electron chi connectivity index (χ2n) is 8.36. The predicted octanol–water partition coefficient (Wildman–Crippen LogP) is 3.91. The summed E-state index contributed by atoms with van der Waals surface area (Å²) in [7, 11) is 0. The van der Waals surface area contributed by atoms with Gasteiger partial charge in [0.15, 0.2) is 0 Å². The van der Waals surface area contributed by atoms with Gasteiger partial charge < -0.3 is 20.7 Å². The SMILES string of the molecule is Cc1cc(NC(=O)C(=O)N2CC(C)CCC2c2ccc(-c3cncs3)cc2)cnc1OC(N)=O. The van der Waals surface area contributed by atoms with Crippen LogP contribution in [-0.4, -0.2) is 39.3 Å². The fourth-order valence-corrected chi connectivity index (χ4v) is 4.73. The molecule has 2 atom stereocenters. The van der Waals surface area contributed by atoms with Crippen LogP contribution in [0.2, 0.25) is 0 Å². The number of thiazole rings is 1. The summed E-state index contributed by atoms with van der Waals surface area (Å²) in [6.07, 6.45) is 3.90. The number of nitrogens with one attached hydrogen (secondary N) is 1. The molecule has 34 heavy (non-hydrogen) atoms. The molecule has 1 aliphatic heterocycles. The molecule has 0 bridgehead atoms. The van der Waals surface area contributed by atoms with Gasteiger partial charge >= 0.3 is 17.9 Å². The Morgan fingerprint density at radius 1 is 1.18 bits per heavy atom. The zero-order valence-corrected chi connectivity index (χ0v) is 19.7.